The number of likely N-dealkylation sites (tertiary alicyclic amines) is 1. The van der Waals surface area contributed by atoms with Gasteiger partial charge in [0.2, 0.25) is 0 Å². The molecule has 2 aromatic heterocycles. The van der Waals surface area contributed by atoms with E-state index in [0.717, 1.165) is 67.1 Å². The monoisotopic (exact) mass is 505 g/mol. The van der Waals surface area contributed by atoms with Crippen molar-refractivity contribution in [3.63, 3.8) is 0 Å². The van der Waals surface area contributed by atoms with Crippen molar-refractivity contribution in [3.05, 3.63) is 26.4 Å². The second kappa shape index (κ2) is 9.78. The lowest BCUT2D eigenvalue weighted by atomic mass is 9.91. The Morgan fingerprint density at radius 3 is 2.76 bits per heavy atom. The molecule has 0 aromatic carbocycles. The molecule has 0 spiro atoms. The molecule has 0 aliphatic carbocycles. The molecule has 1 aliphatic rings. The van der Waals surface area contributed by atoms with Crippen LogP contribution >= 0.6 is 27.3 Å². The largest absolute Gasteiger partial charge is 0.311 e. The van der Waals surface area contributed by atoms with Crippen LogP contribution in [-0.2, 0) is 19.1 Å². The van der Waals surface area contributed by atoms with Gasteiger partial charge >= 0.3 is 4.87 Å². The van der Waals surface area contributed by atoms with Crippen molar-refractivity contribution < 1.29 is 17.4 Å². The number of nitrogens with zero attached hydrogens (tertiary/aromatic N) is 3. The first-order valence-corrected chi connectivity index (χ1v) is 12.9. The quantitative estimate of drug-likeness (QED) is 0.293. The highest BCUT2D eigenvalue weighted by atomic mass is 79.9. The van der Waals surface area contributed by atoms with Gasteiger partial charge in [0.1, 0.15) is 11.0 Å². The van der Waals surface area contributed by atoms with Crippen molar-refractivity contribution in [1.29, 1.82) is 0 Å². The Labute approximate surface area is 182 Å². The van der Waals surface area contributed by atoms with Crippen molar-refractivity contribution >= 4 is 54.0 Å². The van der Waals surface area contributed by atoms with Crippen LogP contribution < -0.4 is 4.87 Å². The number of carbonyl (C=O) groups is 1. The van der Waals surface area contributed by atoms with E-state index in [9.17, 15) is 18.0 Å². The maximum Gasteiger partial charge on any atom is 0.311 e. The maximum atomic E-state index is 12.5. The van der Waals surface area contributed by atoms with E-state index in [1.807, 2.05) is 11.0 Å². The summed E-state index contributed by atoms with van der Waals surface area (Å²) in [6, 6.07) is 1.82. The number of piperidine rings is 1. The summed E-state index contributed by atoms with van der Waals surface area (Å²) in [7, 11) is -3.37. The standard InChI is InChI=1S/C18H24BrN3O5S2/c1-29(25,26)27-9-3-2-4-13-5-7-21(8-6-13)16(12-23)22-15-10-14(19)11-20-17(15)28-18(22)24/h10-13,16H,2-9H2,1H3. The van der Waals surface area contributed by atoms with Gasteiger partial charge in [0.25, 0.3) is 10.1 Å². The second-order valence-corrected chi connectivity index (χ2v) is 10.8. The average Bonchev–Trinajstić information content (AvgIpc) is 2.98. The van der Waals surface area contributed by atoms with E-state index in [1.54, 1.807) is 6.20 Å². The average molecular weight is 506 g/mol. The van der Waals surface area contributed by atoms with Crippen LogP contribution in [-0.4, -0.2) is 55.1 Å². The Bertz CT molecular complexity index is 1010. The molecule has 1 atom stereocenters. The summed E-state index contributed by atoms with van der Waals surface area (Å²) in [6.45, 7) is 1.70. The summed E-state index contributed by atoms with van der Waals surface area (Å²) >= 11 is 4.43. The van der Waals surface area contributed by atoms with E-state index >= 15 is 0 Å². The number of rotatable bonds is 9. The molecule has 1 unspecified atom stereocenters. The fourth-order valence-corrected chi connectivity index (χ4v) is 5.29. The molecule has 1 aliphatic heterocycles. The zero-order chi connectivity index (χ0) is 21.0. The fourth-order valence-electron chi connectivity index (χ4n) is 3.71. The van der Waals surface area contributed by atoms with E-state index in [0.29, 0.717) is 22.7 Å². The van der Waals surface area contributed by atoms with Gasteiger partial charge in [-0.15, -0.1) is 0 Å². The number of thiazole rings is 1. The number of aromatic nitrogens is 2. The predicted octanol–water partition coefficient (Wildman–Crippen LogP) is 2.78. The lowest BCUT2D eigenvalue weighted by molar-refractivity contribution is -0.116. The molecule has 29 heavy (non-hydrogen) atoms. The summed E-state index contributed by atoms with van der Waals surface area (Å²) in [5, 5.41) is 0. The van der Waals surface area contributed by atoms with Gasteiger partial charge in [-0.05, 0) is 47.2 Å². The van der Waals surface area contributed by atoms with Gasteiger partial charge in [-0.1, -0.05) is 24.2 Å². The molecule has 0 amide bonds. The van der Waals surface area contributed by atoms with Gasteiger partial charge in [0, 0.05) is 23.8 Å². The number of carbonyl (C=O) groups excluding carboxylic acids is 1. The summed E-state index contributed by atoms with van der Waals surface area (Å²) in [5.41, 5.74) is 0.666. The minimum atomic E-state index is -3.37. The highest BCUT2D eigenvalue weighted by Crippen LogP contribution is 2.28. The molecular weight excluding hydrogens is 482 g/mol. The molecule has 2 aromatic rings. The number of pyridine rings is 1. The van der Waals surface area contributed by atoms with Gasteiger partial charge in [-0.25, -0.2) is 4.98 Å². The first kappa shape index (κ1) is 22.5. The Hall–Kier alpha value is -1.14. The number of fused-ring (bicyclic) bond motifs is 1. The summed E-state index contributed by atoms with van der Waals surface area (Å²) in [4.78, 5) is 31.2. The fraction of sp³-hybridized carbons (Fsp3) is 0.611. The minimum absolute atomic E-state index is 0.185. The van der Waals surface area contributed by atoms with Crippen LogP contribution in [0.4, 0.5) is 0 Å². The molecular formula is C18H24BrN3O5S2. The molecule has 11 heteroatoms. The van der Waals surface area contributed by atoms with Gasteiger partial charge in [0.15, 0.2) is 6.29 Å². The zero-order valence-electron chi connectivity index (χ0n) is 16.1. The summed E-state index contributed by atoms with van der Waals surface area (Å²) in [6.07, 6.45) is 7.41. The highest BCUT2D eigenvalue weighted by molar-refractivity contribution is 9.10. The molecule has 1 fully saturated rings. The van der Waals surface area contributed by atoms with E-state index in [-0.39, 0.29) is 11.5 Å². The Kier molecular flexibility index (Phi) is 7.60. The third-order valence-corrected chi connectivity index (χ3v) is 7.06. The molecule has 0 N–H and O–H groups in total. The molecule has 3 heterocycles. The molecule has 0 bridgehead atoms. The van der Waals surface area contributed by atoms with E-state index in [2.05, 4.69) is 20.9 Å². The zero-order valence-corrected chi connectivity index (χ0v) is 19.3. The van der Waals surface area contributed by atoms with Crippen LogP contribution in [0.2, 0.25) is 0 Å². The first-order chi connectivity index (χ1) is 13.8. The van der Waals surface area contributed by atoms with Crippen molar-refractivity contribution in [2.45, 2.75) is 38.3 Å². The van der Waals surface area contributed by atoms with E-state index in [4.69, 9.17) is 4.18 Å². The van der Waals surface area contributed by atoms with E-state index in [1.165, 1.54) is 4.57 Å². The molecule has 0 radical (unpaired) electrons. The predicted molar refractivity (Wildman–Crippen MR) is 116 cm³/mol. The maximum absolute atomic E-state index is 12.5. The molecule has 0 saturated carbocycles. The Morgan fingerprint density at radius 1 is 1.38 bits per heavy atom. The molecule has 1 saturated heterocycles. The van der Waals surface area contributed by atoms with Crippen LogP contribution in [0.1, 0.15) is 38.3 Å². The number of unbranched alkanes of at least 4 members (excludes halogenated alkanes) is 1. The van der Waals surface area contributed by atoms with Crippen LogP contribution in [0.3, 0.4) is 0 Å². The number of hydrogen-bond acceptors (Lipinski definition) is 8. The van der Waals surface area contributed by atoms with E-state index < -0.39 is 16.3 Å². The van der Waals surface area contributed by atoms with Gasteiger partial charge in [0.05, 0.1) is 18.4 Å². The van der Waals surface area contributed by atoms with Crippen molar-refractivity contribution in [1.82, 2.24) is 14.5 Å². The Morgan fingerprint density at radius 2 is 2.10 bits per heavy atom. The van der Waals surface area contributed by atoms with Gasteiger partial charge in [-0.2, -0.15) is 8.42 Å². The third kappa shape index (κ3) is 5.94. The third-order valence-electron chi connectivity index (χ3n) is 5.15. The highest BCUT2D eigenvalue weighted by Gasteiger charge is 2.28. The van der Waals surface area contributed by atoms with Crippen molar-refractivity contribution in [2.24, 2.45) is 5.92 Å². The van der Waals surface area contributed by atoms with Crippen LogP contribution in [0.5, 0.6) is 0 Å². The number of aldehydes is 1. The summed E-state index contributed by atoms with van der Waals surface area (Å²) in [5.74, 6) is 0.531. The van der Waals surface area contributed by atoms with Crippen LogP contribution in [0.25, 0.3) is 10.3 Å². The van der Waals surface area contributed by atoms with Gasteiger partial charge in [-0.3, -0.25) is 23.2 Å². The smallest absolute Gasteiger partial charge is 0.299 e. The minimum Gasteiger partial charge on any atom is -0.299 e. The lowest BCUT2D eigenvalue weighted by Crippen LogP contribution is -2.42. The lowest BCUT2D eigenvalue weighted by Gasteiger charge is -2.35. The van der Waals surface area contributed by atoms with Crippen LogP contribution in [0.15, 0.2) is 21.5 Å². The summed E-state index contributed by atoms with van der Waals surface area (Å²) < 4.78 is 29.0. The first-order valence-electron chi connectivity index (χ1n) is 9.49. The molecule has 3 rings (SSSR count). The number of halogens is 1. The molecule has 8 nitrogen and oxygen atoms in total. The number of hydrogen-bond donors (Lipinski definition) is 0. The topological polar surface area (TPSA) is 98.6 Å². The van der Waals surface area contributed by atoms with Gasteiger partial charge < -0.3 is 0 Å². The Balaban J connectivity index is 1.57. The van der Waals surface area contributed by atoms with Crippen molar-refractivity contribution in [3.8, 4) is 0 Å². The SMILES string of the molecule is CS(=O)(=O)OCCCCC1CCN(C(C=O)n2c(=O)sc3ncc(Br)cc32)CC1. The molecule has 160 valence electrons. The second-order valence-electron chi connectivity index (χ2n) is 7.27. The van der Waals surface area contributed by atoms with Crippen molar-refractivity contribution in [2.75, 3.05) is 26.0 Å². The van der Waals surface area contributed by atoms with Crippen LogP contribution in [0, 0.1) is 5.92 Å². The normalized spacial score (nSPS) is 17.6.